The van der Waals surface area contributed by atoms with Crippen LogP contribution >= 0.6 is 0 Å². The summed E-state index contributed by atoms with van der Waals surface area (Å²) in [6, 6.07) is 9.14. The van der Waals surface area contributed by atoms with Gasteiger partial charge in [-0.15, -0.1) is 0 Å². The third kappa shape index (κ3) is 2.71. The number of benzene rings is 1. The third-order valence-electron chi connectivity index (χ3n) is 3.42. The minimum atomic E-state index is -1.02. The summed E-state index contributed by atoms with van der Waals surface area (Å²) in [7, 11) is 1.48. The lowest BCUT2D eigenvalue weighted by Crippen LogP contribution is -2.24. The number of carbonyl (C=O) groups excluding carboxylic acids is 2. The van der Waals surface area contributed by atoms with Crippen molar-refractivity contribution in [2.75, 3.05) is 7.05 Å². The van der Waals surface area contributed by atoms with Gasteiger partial charge in [-0.3, -0.25) is 15.0 Å². The molecule has 7 heteroatoms. The Balaban J connectivity index is 1.92. The van der Waals surface area contributed by atoms with E-state index in [9.17, 15) is 14.4 Å². The van der Waals surface area contributed by atoms with Crippen LogP contribution < -0.4 is 5.32 Å². The van der Waals surface area contributed by atoms with E-state index in [1.54, 1.807) is 24.3 Å². The third-order valence-corrected chi connectivity index (χ3v) is 3.42. The molecule has 0 radical (unpaired) electrons. The molecule has 0 unspecified atom stereocenters. The highest BCUT2D eigenvalue weighted by atomic mass is 16.4. The Bertz CT molecular complexity index is 850. The molecule has 2 heterocycles. The lowest BCUT2D eigenvalue weighted by molar-refractivity contribution is -0.115. The fourth-order valence-electron chi connectivity index (χ4n) is 2.19. The van der Waals surface area contributed by atoms with Gasteiger partial charge in [0.1, 0.15) is 17.2 Å². The Hall–Kier alpha value is -3.35. The largest absolute Gasteiger partial charge is 0.478 e. The molecule has 3 amide bonds. The van der Waals surface area contributed by atoms with Gasteiger partial charge in [0.25, 0.3) is 5.91 Å². The highest BCUT2D eigenvalue weighted by Gasteiger charge is 2.29. The number of aromatic carboxylic acids is 1. The molecule has 0 atom stereocenters. The van der Waals surface area contributed by atoms with E-state index >= 15 is 0 Å². The van der Waals surface area contributed by atoms with Crippen LogP contribution in [0.4, 0.5) is 4.79 Å². The Kier molecular flexibility index (Phi) is 3.46. The van der Waals surface area contributed by atoms with E-state index in [2.05, 4.69) is 5.32 Å². The van der Waals surface area contributed by atoms with Crippen LogP contribution in [0.2, 0.25) is 0 Å². The van der Waals surface area contributed by atoms with Crippen LogP contribution in [-0.2, 0) is 4.79 Å². The van der Waals surface area contributed by atoms with Gasteiger partial charge in [0.2, 0.25) is 0 Å². The molecule has 0 saturated carbocycles. The van der Waals surface area contributed by atoms with Crippen LogP contribution in [-0.4, -0.2) is 35.0 Å². The predicted molar refractivity (Wildman–Crippen MR) is 80.4 cm³/mol. The molecule has 1 saturated heterocycles. The van der Waals surface area contributed by atoms with Gasteiger partial charge in [0, 0.05) is 18.7 Å². The van der Waals surface area contributed by atoms with Crippen LogP contribution in [0, 0.1) is 0 Å². The first-order valence-corrected chi connectivity index (χ1v) is 6.70. The maximum atomic E-state index is 11.6. The molecular weight excluding hydrogens is 300 g/mol. The topological polar surface area (TPSA) is 99.9 Å². The maximum Gasteiger partial charge on any atom is 0.335 e. The van der Waals surface area contributed by atoms with Crippen molar-refractivity contribution in [1.29, 1.82) is 0 Å². The molecule has 1 aliphatic heterocycles. The lowest BCUT2D eigenvalue weighted by atomic mass is 10.1. The van der Waals surface area contributed by atoms with Crippen LogP contribution in [0.25, 0.3) is 17.4 Å². The number of imide groups is 1. The summed E-state index contributed by atoms with van der Waals surface area (Å²) in [6.45, 7) is 0. The molecule has 0 spiro atoms. The van der Waals surface area contributed by atoms with Crippen LogP contribution in [0.5, 0.6) is 0 Å². The van der Waals surface area contributed by atoms with Gasteiger partial charge in [-0.2, -0.15) is 0 Å². The fourth-order valence-corrected chi connectivity index (χ4v) is 2.19. The molecule has 7 nitrogen and oxygen atoms in total. The zero-order valence-corrected chi connectivity index (χ0v) is 12.1. The summed E-state index contributed by atoms with van der Waals surface area (Å²) in [4.78, 5) is 35.2. The molecule has 1 aromatic heterocycles. The second kappa shape index (κ2) is 5.45. The second-order valence-electron chi connectivity index (χ2n) is 4.94. The first-order chi connectivity index (χ1) is 11.0. The van der Waals surface area contributed by atoms with E-state index in [1.165, 1.54) is 30.2 Å². The number of rotatable bonds is 3. The van der Waals surface area contributed by atoms with Gasteiger partial charge < -0.3 is 9.52 Å². The van der Waals surface area contributed by atoms with Gasteiger partial charge in [0.15, 0.2) is 0 Å². The average molecular weight is 312 g/mol. The highest BCUT2D eigenvalue weighted by Crippen LogP contribution is 2.25. The van der Waals surface area contributed by atoms with Crippen LogP contribution in [0.15, 0.2) is 46.5 Å². The fraction of sp³-hybridized carbons (Fsp3) is 0.0625. The zero-order valence-electron chi connectivity index (χ0n) is 12.1. The first kappa shape index (κ1) is 14.6. The number of nitrogens with one attached hydrogen (secondary N) is 1. The van der Waals surface area contributed by atoms with E-state index in [0.29, 0.717) is 17.1 Å². The monoisotopic (exact) mass is 312 g/mol. The Morgan fingerprint density at radius 3 is 2.70 bits per heavy atom. The normalized spacial score (nSPS) is 16.0. The maximum absolute atomic E-state index is 11.6. The average Bonchev–Trinajstić information content (AvgIpc) is 3.08. The summed E-state index contributed by atoms with van der Waals surface area (Å²) in [5.41, 5.74) is 0.935. The van der Waals surface area contributed by atoms with Gasteiger partial charge >= 0.3 is 12.0 Å². The van der Waals surface area contributed by atoms with E-state index in [4.69, 9.17) is 9.52 Å². The minimum absolute atomic E-state index is 0.152. The summed E-state index contributed by atoms with van der Waals surface area (Å²) in [5.74, 6) is -0.674. The Morgan fingerprint density at radius 2 is 2.04 bits per heavy atom. The summed E-state index contributed by atoms with van der Waals surface area (Å²) < 4.78 is 5.61. The van der Waals surface area contributed by atoms with Crippen molar-refractivity contribution in [3.8, 4) is 11.3 Å². The van der Waals surface area contributed by atoms with Crippen molar-refractivity contribution in [1.82, 2.24) is 10.2 Å². The molecule has 1 aliphatic rings. The van der Waals surface area contributed by atoms with Crippen molar-refractivity contribution >= 4 is 24.0 Å². The molecule has 0 aliphatic carbocycles. The predicted octanol–water partition coefficient (Wildman–Crippen LogP) is 2.17. The molecule has 116 valence electrons. The number of furan rings is 1. The number of hydrogen-bond acceptors (Lipinski definition) is 4. The number of carbonyl (C=O) groups is 3. The number of urea groups is 1. The van der Waals surface area contributed by atoms with Crippen molar-refractivity contribution in [2.45, 2.75) is 0 Å². The molecule has 1 fully saturated rings. The summed E-state index contributed by atoms with van der Waals surface area (Å²) in [6.07, 6.45) is 1.45. The first-order valence-electron chi connectivity index (χ1n) is 6.70. The molecule has 0 bridgehead atoms. The van der Waals surface area contributed by atoms with Gasteiger partial charge in [-0.05, 0) is 24.3 Å². The van der Waals surface area contributed by atoms with Gasteiger partial charge in [-0.1, -0.05) is 12.1 Å². The molecule has 23 heavy (non-hydrogen) atoms. The summed E-state index contributed by atoms with van der Waals surface area (Å²) >= 11 is 0. The van der Waals surface area contributed by atoms with E-state index < -0.39 is 17.9 Å². The van der Waals surface area contributed by atoms with Crippen molar-refractivity contribution in [3.05, 3.63) is 53.4 Å². The molecular formula is C16H12N2O5. The van der Waals surface area contributed by atoms with Crippen molar-refractivity contribution in [3.63, 3.8) is 0 Å². The highest BCUT2D eigenvalue weighted by molar-refractivity contribution is 6.13. The number of hydrogen-bond donors (Lipinski definition) is 2. The number of amides is 3. The molecule has 3 rings (SSSR count). The lowest BCUT2D eigenvalue weighted by Gasteiger charge is -2.05. The van der Waals surface area contributed by atoms with E-state index in [-0.39, 0.29) is 11.3 Å². The number of carboxylic acids is 1. The number of likely N-dealkylation sites (N-methyl/N-ethyl adjacent to an activating group) is 1. The zero-order chi connectivity index (χ0) is 16.6. The molecule has 2 aromatic rings. The minimum Gasteiger partial charge on any atom is -0.478 e. The van der Waals surface area contributed by atoms with Gasteiger partial charge in [-0.25, -0.2) is 9.59 Å². The molecule has 2 N–H and O–H groups in total. The number of carboxylic acid groups (broad SMARTS) is 1. The van der Waals surface area contributed by atoms with Crippen molar-refractivity contribution in [2.24, 2.45) is 0 Å². The quantitative estimate of drug-likeness (QED) is 0.668. The number of nitrogens with zero attached hydrogens (tertiary/aromatic N) is 1. The van der Waals surface area contributed by atoms with Crippen LogP contribution in [0.1, 0.15) is 16.1 Å². The second-order valence-corrected chi connectivity index (χ2v) is 4.94. The smallest absolute Gasteiger partial charge is 0.335 e. The standard InChI is InChI=1S/C16H12N2O5/c1-18-12(14(19)17-16(18)22)8-11-5-6-13(23-11)9-3-2-4-10(7-9)15(20)21/h2-8H,1H3,(H,20,21)(H,17,19,22)/b12-8+. The summed E-state index contributed by atoms with van der Waals surface area (Å²) in [5, 5.41) is 11.2. The van der Waals surface area contributed by atoms with E-state index in [1.807, 2.05) is 0 Å². The molecule has 1 aromatic carbocycles. The Morgan fingerprint density at radius 1 is 1.26 bits per heavy atom. The van der Waals surface area contributed by atoms with Crippen molar-refractivity contribution < 1.29 is 23.9 Å². The van der Waals surface area contributed by atoms with E-state index in [0.717, 1.165) is 0 Å². The van der Waals surface area contributed by atoms with Crippen LogP contribution in [0.3, 0.4) is 0 Å². The SMILES string of the molecule is CN1C(=O)NC(=O)/C1=C\c1ccc(-c2cccc(C(=O)O)c2)o1. The Labute approximate surface area is 130 Å². The van der Waals surface area contributed by atoms with Gasteiger partial charge in [0.05, 0.1) is 5.56 Å².